The summed E-state index contributed by atoms with van der Waals surface area (Å²) >= 11 is 0. The molecular formula is C21H21F5O. The summed E-state index contributed by atoms with van der Waals surface area (Å²) in [5.74, 6) is -3.29. The highest BCUT2D eigenvalue weighted by molar-refractivity contribution is 5.74. The van der Waals surface area contributed by atoms with Gasteiger partial charge >= 0.3 is 6.18 Å². The lowest BCUT2D eigenvalue weighted by Crippen LogP contribution is -2.12. The van der Waals surface area contributed by atoms with Gasteiger partial charge in [0.15, 0.2) is 0 Å². The zero-order chi connectivity index (χ0) is 20.7. The van der Waals surface area contributed by atoms with Crippen LogP contribution in [0.2, 0.25) is 0 Å². The first-order valence-electron chi connectivity index (χ1n) is 8.19. The topological polar surface area (TPSA) is 17.1 Å². The normalized spacial score (nSPS) is 11.4. The van der Waals surface area contributed by atoms with Gasteiger partial charge in [-0.3, -0.25) is 4.79 Å². The number of alkyl halides is 5. The minimum atomic E-state index is -4.62. The Morgan fingerprint density at radius 2 is 1.63 bits per heavy atom. The van der Waals surface area contributed by atoms with E-state index < -0.39 is 23.2 Å². The molecule has 0 amide bonds. The lowest BCUT2D eigenvalue weighted by molar-refractivity contribution is -0.137. The third-order valence-corrected chi connectivity index (χ3v) is 3.64. The molecule has 0 bridgehead atoms. The Labute approximate surface area is 155 Å². The van der Waals surface area contributed by atoms with E-state index in [0.29, 0.717) is 19.4 Å². The zero-order valence-electron chi connectivity index (χ0n) is 15.1. The predicted molar refractivity (Wildman–Crippen MR) is 96.1 cm³/mol. The van der Waals surface area contributed by atoms with Crippen molar-refractivity contribution in [3.8, 4) is 0 Å². The molecular weight excluding hydrogens is 363 g/mol. The quantitative estimate of drug-likeness (QED) is 0.317. The van der Waals surface area contributed by atoms with Crippen molar-refractivity contribution >= 4 is 6.29 Å². The van der Waals surface area contributed by atoms with Crippen LogP contribution in [0.5, 0.6) is 0 Å². The van der Waals surface area contributed by atoms with E-state index in [1.807, 2.05) is 25.1 Å². The summed E-state index contributed by atoms with van der Waals surface area (Å²) in [5.41, 5.74) is 0.452. The standard InChI is InChI=1S/C13H13F5.C8H8O/c1-3-4-5-9-6-10(12(2,14)15)8-11(7-9)13(16,17)18;1-7-3-2-4-8(5-7)6-9/h3,6-8H,1,4-5H2,2H3;2-6H,1H3. The summed E-state index contributed by atoms with van der Waals surface area (Å²) in [4.78, 5) is 10.2. The smallest absolute Gasteiger partial charge is 0.298 e. The molecule has 0 saturated carbocycles. The van der Waals surface area contributed by atoms with Gasteiger partial charge in [0.2, 0.25) is 0 Å². The summed E-state index contributed by atoms with van der Waals surface area (Å²) in [6.45, 7) is 6.00. The van der Waals surface area contributed by atoms with E-state index in [1.165, 1.54) is 6.08 Å². The van der Waals surface area contributed by atoms with Crippen LogP contribution in [0.4, 0.5) is 22.0 Å². The van der Waals surface area contributed by atoms with Gasteiger partial charge in [0, 0.05) is 18.1 Å². The molecule has 0 aliphatic carbocycles. The largest absolute Gasteiger partial charge is 0.416 e. The molecule has 2 rings (SSSR count). The summed E-state index contributed by atoms with van der Waals surface area (Å²) in [6.07, 6.45) is -1.53. The molecule has 0 atom stereocenters. The fraction of sp³-hybridized carbons (Fsp3) is 0.286. The van der Waals surface area contributed by atoms with Crippen LogP contribution in [0.3, 0.4) is 0 Å². The Morgan fingerprint density at radius 1 is 1.00 bits per heavy atom. The van der Waals surface area contributed by atoms with Crippen LogP contribution in [0.25, 0.3) is 0 Å². The van der Waals surface area contributed by atoms with Crippen molar-refractivity contribution in [3.05, 3.63) is 82.9 Å². The molecule has 6 heteroatoms. The van der Waals surface area contributed by atoms with E-state index in [4.69, 9.17) is 0 Å². The van der Waals surface area contributed by atoms with Crippen molar-refractivity contribution < 1.29 is 26.7 Å². The third kappa shape index (κ3) is 7.72. The second-order valence-electron chi connectivity index (χ2n) is 6.16. The monoisotopic (exact) mass is 384 g/mol. The maximum atomic E-state index is 13.1. The first-order chi connectivity index (χ1) is 12.5. The Balaban J connectivity index is 0.000000337. The van der Waals surface area contributed by atoms with Crippen LogP contribution >= 0.6 is 0 Å². The van der Waals surface area contributed by atoms with Gasteiger partial charge in [0.25, 0.3) is 5.92 Å². The molecule has 0 unspecified atom stereocenters. The molecule has 27 heavy (non-hydrogen) atoms. The van der Waals surface area contributed by atoms with Crippen LogP contribution in [0.15, 0.2) is 55.1 Å². The number of aryl methyl sites for hydroxylation is 2. The highest BCUT2D eigenvalue weighted by Crippen LogP contribution is 2.35. The number of carbonyl (C=O) groups excluding carboxylic acids is 1. The van der Waals surface area contributed by atoms with Crippen molar-refractivity contribution in [2.24, 2.45) is 0 Å². The number of aldehydes is 1. The molecule has 1 nitrogen and oxygen atoms in total. The number of hydrogen-bond acceptors (Lipinski definition) is 1. The van der Waals surface area contributed by atoms with E-state index in [-0.39, 0.29) is 12.0 Å². The number of rotatable bonds is 5. The van der Waals surface area contributed by atoms with E-state index in [0.717, 1.165) is 29.5 Å². The number of allylic oxidation sites excluding steroid dienone is 1. The fourth-order valence-electron chi connectivity index (χ4n) is 2.27. The molecule has 0 spiro atoms. The van der Waals surface area contributed by atoms with Crippen molar-refractivity contribution in [2.45, 2.75) is 38.8 Å². The van der Waals surface area contributed by atoms with Crippen molar-refractivity contribution in [1.29, 1.82) is 0 Å². The molecule has 0 heterocycles. The molecule has 0 aliphatic heterocycles. The number of hydrogen-bond donors (Lipinski definition) is 0. The van der Waals surface area contributed by atoms with Gasteiger partial charge in [-0.2, -0.15) is 13.2 Å². The maximum absolute atomic E-state index is 13.1. The fourth-order valence-corrected chi connectivity index (χ4v) is 2.27. The Bertz CT molecular complexity index is 741. The van der Waals surface area contributed by atoms with Crippen LogP contribution in [0, 0.1) is 6.92 Å². The van der Waals surface area contributed by atoms with E-state index >= 15 is 0 Å². The average Bonchev–Trinajstić information content (AvgIpc) is 2.58. The van der Waals surface area contributed by atoms with Crippen molar-refractivity contribution in [1.82, 2.24) is 0 Å². The van der Waals surface area contributed by atoms with E-state index in [2.05, 4.69) is 6.58 Å². The van der Waals surface area contributed by atoms with Crippen LogP contribution in [-0.4, -0.2) is 6.29 Å². The van der Waals surface area contributed by atoms with E-state index in [1.54, 1.807) is 6.07 Å². The first-order valence-corrected chi connectivity index (χ1v) is 8.19. The Hall–Kier alpha value is -2.50. The minimum Gasteiger partial charge on any atom is -0.298 e. The van der Waals surface area contributed by atoms with Gasteiger partial charge in [-0.1, -0.05) is 29.8 Å². The summed E-state index contributed by atoms with van der Waals surface area (Å²) in [5, 5.41) is 0. The van der Waals surface area contributed by atoms with Gasteiger partial charge in [-0.25, -0.2) is 8.78 Å². The van der Waals surface area contributed by atoms with Crippen LogP contribution in [-0.2, 0) is 18.5 Å². The number of benzene rings is 2. The third-order valence-electron chi connectivity index (χ3n) is 3.64. The highest BCUT2D eigenvalue weighted by atomic mass is 19.4. The number of carbonyl (C=O) groups is 1. The van der Waals surface area contributed by atoms with Gasteiger partial charge < -0.3 is 0 Å². The molecule has 146 valence electrons. The lowest BCUT2D eigenvalue weighted by Gasteiger charge is -2.16. The van der Waals surface area contributed by atoms with Gasteiger partial charge in [-0.15, -0.1) is 6.58 Å². The molecule has 0 radical (unpaired) electrons. The number of halogens is 5. The maximum Gasteiger partial charge on any atom is 0.416 e. The molecule has 0 saturated heterocycles. The summed E-state index contributed by atoms with van der Waals surface area (Å²) in [6, 6.07) is 9.99. The second-order valence-corrected chi connectivity index (χ2v) is 6.16. The SMILES string of the molecule is C=CCCc1cc(C(C)(F)F)cc(C(F)(F)F)c1.Cc1cccc(C=O)c1. The van der Waals surface area contributed by atoms with Gasteiger partial charge in [-0.05, 0) is 49.6 Å². The molecule has 0 aliphatic rings. The Kier molecular flexibility index (Phi) is 7.88. The highest BCUT2D eigenvalue weighted by Gasteiger charge is 2.34. The average molecular weight is 384 g/mol. The summed E-state index contributed by atoms with van der Waals surface area (Å²) < 4.78 is 64.1. The molecule has 0 N–H and O–H groups in total. The molecule has 2 aromatic carbocycles. The first kappa shape index (κ1) is 22.5. The zero-order valence-corrected chi connectivity index (χ0v) is 15.1. The summed E-state index contributed by atoms with van der Waals surface area (Å²) in [7, 11) is 0. The second kappa shape index (κ2) is 9.44. The van der Waals surface area contributed by atoms with Crippen LogP contribution < -0.4 is 0 Å². The molecule has 2 aromatic rings. The van der Waals surface area contributed by atoms with Crippen molar-refractivity contribution in [2.75, 3.05) is 0 Å². The predicted octanol–water partition coefficient (Wildman–Crippen LogP) is 6.74. The Morgan fingerprint density at radius 3 is 2.07 bits per heavy atom. The van der Waals surface area contributed by atoms with Crippen molar-refractivity contribution in [3.63, 3.8) is 0 Å². The van der Waals surface area contributed by atoms with Crippen LogP contribution in [0.1, 0.15) is 46.0 Å². The van der Waals surface area contributed by atoms with E-state index in [9.17, 15) is 26.7 Å². The minimum absolute atomic E-state index is 0.237. The lowest BCUT2D eigenvalue weighted by atomic mass is 9.99. The van der Waals surface area contributed by atoms with Gasteiger partial charge in [0.1, 0.15) is 6.29 Å². The molecule has 0 aromatic heterocycles. The van der Waals surface area contributed by atoms with Gasteiger partial charge in [0.05, 0.1) is 5.56 Å². The molecule has 0 fully saturated rings.